The summed E-state index contributed by atoms with van der Waals surface area (Å²) in [6.07, 6.45) is 3.22. The lowest BCUT2D eigenvalue weighted by molar-refractivity contribution is -0.116. The van der Waals surface area contributed by atoms with Crippen molar-refractivity contribution in [2.75, 3.05) is 14.1 Å². The molecule has 0 radical (unpaired) electrons. The minimum Gasteiger partial charge on any atom is -0.348 e. The zero-order valence-corrected chi connectivity index (χ0v) is 16.6. The second-order valence-corrected chi connectivity index (χ2v) is 7.69. The number of halogens is 1. The third-order valence-electron chi connectivity index (χ3n) is 4.02. The number of fused-ring (bicyclic) bond motifs is 1. The molecule has 0 spiro atoms. The number of carbonyl (C=O) groups excluding carboxylic acids is 2. The first kappa shape index (κ1) is 19.1. The van der Waals surface area contributed by atoms with E-state index in [0.717, 1.165) is 20.5 Å². The van der Waals surface area contributed by atoms with Crippen molar-refractivity contribution in [2.24, 2.45) is 0 Å². The molecule has 0 bridgehead atoms. The number of nitrogens with one attached hydrogen (secondary N) is 1. The van der Waals surface area contributed by atoms with Crippen LogP contribution < -0.4 is 5.32 Å². The van der Waals surface area contributed by atoms with E-state index < -0.39 is 0 Å². The van der Waals surface area contributed by atoms with Crippen molar-refractivity contribution in [3.8, 4) is 0 Å². The van der Waals surface area contributed by atoms with Gasteiger partial charge in [0.25, 0.3) is 5.91 Å². The SMILES string of the molecule is CN(C)C(=O)c1ccc(CNC(=O)/C=C/c2sc3ccccc3c2Cl)cc1. The van der Waals surface area contributed by atoms with Crippen LogP contribution in [0.2, 0.25) is 5.02 Å². The van der Waals surface area contributed by atoms with Crippen LogP contribution in [-0.2, 0) is 11.3 Å². The summed E-state index contributed by atoms with van der Waals surface area (Å²) in [5.41, 5.74) is 1.54. The number of thiophene rings is 1. The molecule has 0 aliphatic heterocycles. The predicted octanol–water partition coefficient (Wildman–Crippen LogP) is 4.59. The molecule has 138 valence electrons. The number of hydrogen-bond donors (Lipinski definition) is 1. The van der Waals surface area contributed by atoms with Gasteiger partial charge >= 0.3 is 0 Å². The molecule has 2 amide bonds. The summed E-state index contributed by atoms with van der Waals surface area (Å²) in [4.78, 5) is 26.3. The maximum absolute atomic E-state index is 12.1. The molecule has 0 fully saturated rings. The lowest BCUT2D eigenvalue weighted by Crippen LogP contribution is -2.22. The van der Waals surface area contributed by atoms with Crippen LogP contribution in [0, 0.1) is 0 Å². The van der Waals surface area contributed by atoms with Crippen LogP contribution in [0.25, 0.3) is 16.2 Å². The van der Waals surface area contributed by atoms with Crippen molar-refractivity contribution in [3.05, 3.63) is 75.6 Å². The Morgan fingerprint density at radius 2 is 1.81 bits per heavy atom. The van der Waals surface area contributed by atoms with Crippen molar-refractivity contribution in [1.29, 1.82) is 0 Å². The van der Waals surface area contributed by atoms with Crippen LogP contribution in [0.5, 0.6) is 0 Å². The fourth-order valence-electron chi connectivity index (χ4n) is 2.56. The van der Waals surface area contributed by atoms with Crippen molar-refractivity contribution < 1.29 is 9.59 Å². The second kappa shape index (κ2) is 8.37. The number of benzene rings is 2. The zero-order valence-electron chi connectivity index (χ0n) is 15.0. The van der Waals surface area contributed by atoms with Crippen LogP contribution in [0.4, 0.5) is 0 Å². The largest absolute Gasteiger partial charge is 0.348 e. The number of nitrogens with zero attached hydrogens (tertiary/aromatic N) is 1. The molecular formula is C21H19ClN2O2S. The van der Waals surface area contributed by atoms with Crippen LogP contribution in [0.1, 0.15) is 20.8 Å². The smallest absolute Gasteiger partial charge is 0.253 e. The Bertz CT molecular complexity index is 1010. The summed E-state index contributed by atoms with van der Waals surface area (Å²) in [6.45, 7) is 0.389. The Hall–Kier alpha value is -2.63. The first-order valence-electron chi connectivity index (χ1n) is 8.39. The molecule has 6 heteroatoms. The third kappa shape index (κ3) is 4.56. The molecule has 1 heterocycles. The van der Waals surface area contributed by atoms with E-state index in [1.165, 1.54) is 11.0 Å². The molecule has 2 aromatic carbocycles. The molecule has 4 nitrogen and oxygen atoms in total. The molecule has 27 heavy (non-hydrogen) atoms. The first-order valence-corrected chi connectivity index (χ1v) is 9.58. The van der Waals surface area contributed by atoms with Gasteiger partial charge in [-0.25, -0.2) is 0 Å². The fourth-order valence-corrected chi connectivity index (χ4v) is 3.96. The lowest BCUT2D eigenvalue weighted by Gasteiger charge is -2.10. The minimum atomic E-state index is -0.197. The van der Waals surface area contributed by atoms with Crippen molar-refractivity contribution in [3.63, 3.8) is 0 Å². The molecule has 0 aliphatic rings. The molecule has 0 saturated heterocycles. The quantitative estimate of drug-likeness (QED) is 0.639. The highest BCUT2D eigenvalue weighted by Crippen LogP contribution is 2.35. The Balaban J connectivity index is 1.60. The summed E-state index contributed by atoms with van der Waals surface area (Å²) in [5.74, 6) is -0.245. The van der Waals surface area contributed by atoms with E-state index in [0.29, 0.717) is 17.1 Å². The van der Waals surface area contributed by atoms with Gasteiger partial charge in [0.2, 0.25) is 5.91 Å². The average molecular weight is 399 g/mol. The van der Waals surface area contributed by atoms with Gasteiger partial charge in [0, 0.05) is 47.2 Å². The second-order valence-electron chi connectivity index (χ2n) is 6.22. The summed E-state index contributed by atoms with van der Waals surface area (Å²) in [7, 11) is 3.43. The van der Waals surface area contributed by atoms with Crippen LogP contribution >= 0.6 is 22.9 Å². The number of hydrogen-bond acceptors (Lipinski definition) is 3. The monoisotopic (exact) mass is 398 g/mol. The minimum absolute atomic E-state index is 0.0475. The standard InChI is InChI=1S/C21H19ClN2O2S/c1-24(2)21(26)15-9-7-14(8-10-15)13-23-19(25)12-11-18-20(22)16-5-3-4-6-17(16)27-18/h3-12H,13H2,1-2H3,(H,23,25)/b12-11+. The summed E-state index contributed by atoms with van der Waals surface area (Å²) in [5, 5.41) is 4.50. The van der Waals surface area contributed by atoms with Crippen LogP contribution in [0.15, 0.2) is 54.6 Å². The average Bonchev–Trinajstić information content (AvgIpc) is 3.00. The number of rotatable bonds is 5. The summed E-state index contributed by atoms with van der Waals surface area (Å²) in [6, 6.07) is 15.1. The third-order valence-corrected chi connectivity index (χ3v) is 5.67. The highest BCUT2D eigenvalue weighted by atomic mass is 35.5. The van der Waals surface area contributed by atoms with Gasteiger partial charge in [-0.1, -0.05) is 41.9 Å². The fraction of sp³-hybridized carbons (Fsp3) is 0.143. The maximum Gasteiger partial charge on any atom is 0.253 e. The Morgan fingerprint density at radius 3 is 2.48 bits per heavy atom. The zero-order chi connectivity index (χ0) is 19.4. The molecular weight excluding hydrogens is 380 g/mol. The predicted molar refractivity (Wildman–Crippen MR) is 112 cm³/mol. The molecule has 1 N–H and O–H groups in total. The van der Waals surface area contributed by atoms with Crippen molar-refractivity contribution in [2.45, 2.75) is 6.54 Å². The van der Waals surface area contributed by atoms with Crippen LogP contribution in [-0.4, -0.2) is 30.8 Å². The topological polar surface area (TPSA) is 49.4 Å². The van der Waals surface area contributed by atoms with E-state index in [1.54, 1.807) is 43.6 Å². The van der Waals surface area contributed by atoms with Gasteiger partial charge in [-0.05, 0) is 29.8 Å². The first-order chi connectivity index (χ1) is 13.0. The van der Waals surface area contributed by atoms with Crippen LogP contribution in [0.3, 0.4) is 0 Å². The Labute approximate surface area is 167 Å². The summed E-state index contributed by atoms with van der Waals surface area (Å²) < 4.78 is 1.09. The van der Waals surface area contributed by atoms with Gasteiger partial charge in [0.05, 0.1) is 5.02 Å². The highest BCUT2D eigenvalue weighted by molar-refractivity contribution is 7.20. The molecule has 1 aromatic heterocycles. The van der Waals surface area contributed by atoms with Gasteiger partial charge in [0.1, 0.15) is 0 Å². The van der Waals surface area contributed by atoms with E-state index in [4.69, 9.17) is 11.6 Å². The molecule has 0 unspecified atom stereocenters. The van der Waals surface area contributed by atoms with E-state index >= 15 is 0 Å². The lowest BCUT2D eigenvalue weighted by atomic mass is 10.1. The van der Waals surface area contributed by atoms with Gasteiger partial charge in [-0.3, -0.25) is 9.59 Å². The molecule has 3 aromatic rings. The highest BCUT2D eigenvalue weighted by Gasteiger charge is 2.09. The van der Waals surface area contributed by atoms with E-state index in [-0.39, 0.29) is 11.8 Å². The number of carbonyl (C=O) groups is 2. The van der Waals surface area contributed by atoms with E-state index in [2.05, 4.69) is 5.32 Å². The number of amides is 2. The van der Waals surface area contributed by atoms with Gasteiger partial charge in [-0.2, -0.15) is 0 Å². The maximum atomic E-state index is 12.1. The van der Waals surface area contributed by atoms with Gasteiger partial charge in [-0.15, -0.1) is 11.3 Å². The van der Waals surface area contributed by atoms with E-state index in [9.17, 15) is 9.59 Å². The normalized spacial score (nSPS) is 11.1. The van der Waals surface area contributed by atoms with E-state index in [1.807, 2.05) is 36.4 Å². The van der Waals surface area contributed by atoms with Crippen molar-refractivity contribution in [1.82, 2.24) is 10.2 Å². The molecule has 3 rings (SSSR count). The Morgan fingerprint density at radius 1 is 1.11 bits per heavy atom. The molecule has 0 saturated carbocycles. The Kier molecular flexibility index (Phi) is 5.94. The summed E-state index contributed by atoms with van der Waals surface area (Å²) >= 11 is 7.92. The van der Waals surface area contributed by atoms with Crippen molar-refractivity contribution >= 4 is 50.9 Å². The molecule has 0 aliphatic carbocycles. The molecule has 0 atom stereocenters. The van der Waals surface area contributed by atoms with Gasteiger partial charge in [0.15, 0.2) is 0 Å². The van der Waals surface area contributed by atoms with Gasteiger partial charge < -0.3 is 10.2 Å².